The fourth-order valence-electron chi connectivity index (χ4n) is 3.75. The Kier molecular flexibility index (Phi) is 6.81. The van der Waals surface area contributed by atoms with Crippen molar-refractivity contribution in [2.75, 3.05) is 39.8 Å². The molecule has 1 N–H and O–H groups in total. The van der Waals surface area contributed by atoms with Crippen LogP contribution in [0.25, 0.3) is 11.1 Å². The van der Waals surface area contributed by atoms with E-state index >= 15 is 0 Å². The van der Waals surface area contributed by atoms with E-state index in [1.54, 1.807) is 13.0 Å². The normalized spacial score (nSPS) is 16.7. The first-order valence-corrected chi connectivity index (χ1v) is 10.1. The Hall–Kier alpha value is -2.24. The molecule has 4 nitrogen and oxygen atoms in total. The topological polar surface area (TPSA) is 35.6 Å². The van der Waals surface area contributed by atoms with Gasteiger partial charge in [0.25, 0.3) is 5.91 Å². The lowest BCUT2D eigenvalue weighted by Crippen LogP contribution is -2.52. The molecule has 1 atom stereocenters. The van der Waals surface area contributed by atoms with Crippen LogP contribution in [0.1, 0.15) is 29.3 Å². The average molecular weight is 384 g/mol. The van der Waals surface area contributed by atoms with Crippen molar-refractivity contribution in [3.63, 3.8) is 0 Å². The molecule has 0 radical (unpaired) electrons. The van der Waals surface area contributed by atoms with Crippen LogP contribution in [-0.4, -0.2) is 61.5 Å². The van der Waals surface area contributed by atoms with E-state index in [9.17, 15) is 9.18 Å². The van der Waals surface area contributed by atoms with E-state index in [4.69, 9.17) is 0 Å². The van der Waals surface area contributed by atoms with Crippen LogP contribution in [0.15, 0.2) is 42.5 Å². The van der Waals surface area contributed by atoms with Crippen molar-refractivity contribution >= 4 is 5.91 Å². The number of carbonyl (C=O) groups is 1. The molecule has 0 aromatic heterocycles. The molecule has 1 saturated heterocycles. The smallest absolute Gasteiger partial charge is 0.251 e. The molecular weight excluding hydrogens is 353 g/mol. The van der Waals surface area contributed by atoms with Crippen molar-refractivity contribution in [1.82, 2.24) is 15.1 Å². The molecule has 0 bridgehead atoms. The standard InChI is InChI=1S/C23H30FN3O/c1-4-20(27-14-12-26(3)13-15-27)16-25-23(28)19-10-8-18(9-11-19)21-6-5-7-22(24)17(21)2/h5-11,20H,4,12-16H2,1-3H3,(H,25,28)/t20-/m0/s1. The lowest BCUT2D eigenvalue weighted by molar-refractivity contribution is 0.0881. The molecule has 0 unspecified atom stereocenters. The number of nitrogens with one attached hydrogen (secondary N) is 1. The van der Waals surface area contributed by atoms with Gasteiger partial charge < -0.3 is 10.2 Å². The van der Waals surface area contributed by atoms with Crippen LogP contribution in [0.4, 0.5) is 4.39 Å². The summed E-state index contributed by atoms with van der Waals surface area (Å²) in [6.45, 7) is 8.85. The molecule has 28 heavy (non-hydrogen) atoms. The maximum atomic E-state index is 13.8. The Morgan fingerprint density at radius 1 is 1.11 bits per heavy atom. The average Bonchev–Trinajstić information content (AvgIpc) is 2.72. The van der Waals surface area contributed by atoms with Gasteiger partial charge in [0.05, 0.1) is 0 Å². The third-order valence-corrected chi connectivity index (χ3v) is 5.75. The van der Waals surface area contributed by atoms with Crippen molar-refractivity contribution in [2.24, 2.45) is 0 Å². The van der Waals surface area contributed by atoms with E-state index in [-0.39, 0.29) is 11.7 Å². The fraction of sp³-hybridized carbons (Fsp3) is 0.435. The summed E-state index contributed by atoms with van der Waals surface area (Å²) < 4.78 is 13.8. The summed E-state index contributed by atoms with van der Waals surface area (Å²) in [5.41, 5.74) is 3.02. The zero-order valence-corrected chi connectivity index (χ0v) is 17.0. The van der Waals surface area contributed by atoms with E-state index in [0.717, 1.165) is 43.7 Å². The van der Waals surface area contributed by atoms with E-state index in [2.05, 4.69) is 29.1 Å². The first-order chi connectivity index (χ1) is 13.5. The quantitative estimate of drug-likeness (QED) is 0.829. The summed E-state index contributed by atoms with van der Waals surface area (Å²) in [6.07, 6.45) is 1.02. The van der Waals surface area contributed by atoms with Gasteiger partial charge >= 0.3 is 0 Å². The van der Waals surface area contributed by atoms with Crippen LogP contribution >= 0.6 is 0 Å². The fourth-order valence-corrected chi connectivity index (χ4v) is 3.75. The first kappa shape index (κ1) is 20.5. The van der Waals surface area contributed by atoms with Crippen molar-refractivity contribution in [1.29, 1.82) is 0 Å². The second-order valence-corrected chi connectivity index (χ2v) is 7.60. The molecule has 2 aromatic rings. The lowest BCUT2D eigenvalue weighted by Gasteiger charge is -2.37. The van der Waals surface area contributed by atoms with Gasteiger partial charge in [-0.1, -0.05) is 31.2 Å². The number of rotatable bonds is 6. The molecule has 1 heterocycles. The SMILES string of the molecule is CC[C@@H](CNC(=O)c1ccc(-c2cccc(F)c2C)cc1)N1CCN(C)CC1. The van der Waals surface area contributed by atoms with Crippen molar-refractivity contribution in [2.45, 2.75) is 26.3 Å². The number of benzene rings is 2. The molecule has 5 heteroatoms. The Morgan fingerprint density at radius 3 is 2.43 bits per heavy atom. The van der Waals surface area contributed by atoms with Crippen LogP contribution in [0.2, 0.25) is 0 Å². The highest BCUT2D eigenvalue weighted by molar-refractivity contribution is 5.94. The molecule has 150 valence electrons. The second kappa shape index (κ2) is 9.30. The van der Waals surface area contributed by atoms with Gasteiger partial charge in [-0.2, -0.15) is 0 Å². The predicted molar refractivity (Wildman–Crippen MR) is 112 cm³/mol. The van der Waals surface area contributed by atoms with Crippen molar-refractivity contribution in [3.8, 4) is 11.1 Å². The third-order valence-electron chi connectivity index (χ3n) is 5.75. The minimum atomic E-state index is -0.214. The van der Waals surface area contributed by atoms with Crippen molar-refractivity contribution < 1.29 is 9.18 Å². The van der Waals surface area contributed by atoms with Gasteiger partial charge in [0, 0.05) is 44.3 Å². The maximum absolute atomic E-state index is 13.8. The summed E-state index contributed by atoms with van der Waals surface area (Å²) in [4.78, 5) is 17.4. The van der Waals surface area contributed by atoms with Crippen LogP contribution in [0.5, 0.6) is 0 Å². The maximum Gasteiger partial charge on any atom is 0.251 e. The molecule has 0 saturated carbocycles. The number of likely N-dealkylation sites (N-methyl/N-ethyl adjacent to an activating group) is 1. The van der Waals surface area contributed by atoms with Gasteiger partial charge in [0.1, 0.15) is 5.82 Å². The van der Waals surface area contributed by atoms with Gasteiger partial charge in [-0.05, 0) is 55.3 Å². The summed E-state index contributed by atoms with van der Waals surface area (Å²) in [7, 11) is 2.15. The summed E-state index contributed by atoms with van der Waals surface area (Å²) in [5.74, 6) is -0.274. The molecule has 1 aliphatic heterocycles. The molecule has 1 fully saturated rings. The third kappa shape index (κ3) is 4.78. The van der Waals surface area contributed by atoms with Gasteiger partial charge in [0.15, 0.2) is 0 Å². The molecule has 1 aliphatic rings. The lowest BCUT2D eigenvalue weighted by atomic mass is 9.99. The van der Waals surface area contributed by atoms with Crippen LogP contribution in [-0.2, 0) is 0 Å². The van der Waals surface area contributed by atoms with E-state index in [0.29, 0.717) is 23.7 Å². The first-order valence-electron chi connectivity index (χ1n) is 10.1. The van der Waals surface area contributed by atoms with Crippen LogP contribution in [0, 0.1) is 12.7 Å². The molecule has 2 aromatic carbocycles. The number of hydrogen-bond donors (Lipinski definition) is 1. The summed E-state index contributed by atoms with van der Waals surface area (Å²) in [5, 5.41) is 3.08. The highest BCUT2D eigenvalue weighted by atomic mass is 19.1. The summed E-state index contributed by atoms with van der Waals surface area (Å²) >= 11 is 0. The van der Waals surface area contributed by atoms with E-state index in [1.807, 2.05) is 30.3 Å². The Balaban J connectivity index is 1.60. The van der Waals surface area contributed by atoms with Gasteiger partial charge in [0.2, 0.25) is 0 Å². The number of piperazine rings is 1. The number of amides is 1. The minimum absolute atomic E-state index is 0.0601. The largest absolute Gasteiger partial charge is 0.350 e. The number of carbonyl (C=O) groups excluding carboxylic acids is 1. The highest BCUT2D eigenvalue weighted by Crippen LogP contribution is 2.25. The van der Waals surface area contributed by atoms with Gasteiger partial charge in [-0.15, -0.1) is 0 Å². The van der Waals surface area contributed by atoms with Gasteiger partial charge in [-0.25, -0.2) is 4.39 Å². The minimum Gasteiger partial charge on any atom is -0.350 e. The zero-order valence-electron chi connectivity index (χ0n) is 17.0. The highest BCUT2D eigenvalue weighted by Gasteiger charge is 2.21. The second-order valence-electron chi connectivity index (χ2n) is 7.60. The van der Waals surface area contributed by atoms with E-state index in [1.165, 1.54) is 6.07 Å². The Bertz CT molecular complexity index is 798. The zero-order chi connectivity index (χ0) is 20.1. The number of halogens is 1. The van der Waals surface area contributed by atoms with Crippen LogP contribution < -0.4 is 5.32 Å². The van der Waals surface area contributed by atoms with Crippen LogP contribution in [0.3, 0.4) is 0 Å². The van der Waals surface area contributed by atoms with Crippen molar-refractivity contribution in [3.05, 3.63) is 59.4 Å². The molecule has 0 aliphatic carbocycles. The monoisotopic (exact) mass is 383 g/mol. The molecule has 1 amide bonds. The predicted octanol–water partition coefficient (Wildman–Crippen LogP) is 3.56. The van der Waals surface area contributed by atoms with E-state index < -0.39 is 0 Å². The Labute approximate surface area is 167 Å². The molecule has 3 rings (SSSR count). The van der Waals surface area contributed by atoms with Gasteiger partial charge in [-0.3, -0.25) is 9.69 Å². The summed E-state index contributed by atoms with van der Waals surface area (Å²) in [6, 6.07) is 12.8. The number of nitrogens with zero attached hydrogens (tertiary/aromatic N) is 2. The number of hydrogen-bond acceptors (Lipinski definition) is 3. The molecule has 0 spiro atoms. The Morgan fingerprint density at radius 2 is 1.79 bits per heavy atom. The molecular formula is C23H30FN3O.